The van der Waals surface area contributed by atoms with Gasteiger partial charge in [-0.15, -0.1) is 0 Å². The fraction of sp³-hybridized carbons (Fsp3) is 0.696. The third-order valence-electron chi connectivity index (χ3n) is 5.81. The van der Waals surface area contributed by atoms with Gasteiger partial charge >= 0.3 is 0 Å². The van der Waals surface area contributed by atoms with Gasteiger partial charge in [0.1, 0.15) is 19.3 Å². The van der Waals surface area contributed by atoms with Crippen LogP contribution in [0.1, 0.15) is 63.5 Å². The van der Waals surface area contributed by atoms with E-state index in [1.54, 1.807) is 6.92 Å². The molecule has 2 aliphatic heterocycles. The maximum absolute atomic E-state index is 12.6. The van der Waals surface area contributed by atoms with E-state index < -0.39 is 6.10 Å². The van der Waals surface area contributed by atoms with Crippen molar-refractivity contribution in [1.29, 1.82) is 0 Å². The van der Waals surface area contributed by atoms with Gasteiger partial charge in [-0.25, -0.2) is 0 Å². The number of ether oxygens (including phenoxy) is 2. The number of hydrogen-bond donors (Lipinski definition) is 3. The average Bonchev–Trinajstić information content (AvgIpc) is 3.25. The normalized spacial score (nSPS) is 19.3. The van der Waals surface area contributed by atoms with Crippen molar-refractivity contribution in [2.24, 2.45) is 0 Å². The molecule has 1 amide bonds. The molecule has 1 aromatic carbocycles. The van der Waals surface area contributed by atoms with Crippen molar-refractivity contribution in [3.8, 4) is 11.5 Å². The molecule has 0 aliphatic carbocycles. The minimum Gasteiger partial charge on any atom is -0.486 e. The van der Waals surface area contributed by atoms with Gasteiger partial charge < -0.3 is 29.9 Å². The number of amides is 1. The van der Waals surface area contributed by atoms with Crippen LogP contribution < -0.4 is 14.8 Å². The highest BCUT2D eigenvalue weighted by Crippen LogP contribution is 2.33. The summed E-state index contributed by atoms with van der Waals surface area (Å²) in [4.78, 5) is 14.9. The van der Waals surface area contributed by atoms with E-state index in [0.29, 0.717) is 37.7 Å². The van der Waals surface area contributed by atoms with Crippen LogP contribution in [-0.4, -0.2) is 66.0 Å². The van der Waals surface area contributed by atoms with Crippen molar-refractivity contribution >= 4 is 5.91 Å². The van der Waals surface area contributed by atoms with Crippen LogP contribution in [0.3, 0.4) is 0 Å². The molecule has 0 radical (unpaired) electrons. The lowest BCUT2D eigenvalue weighted by molar-refractivity contribution is -0.123. The molecular formula is C23H36N2O5. The van der Waals surface area contributed by atoms with Crippen LogP contribution >= 0.6 is 0 Å². The van der Waals surface area contributed by atoms with Crippen LogP contribution in [0.15, 0.2) is 18.2 Å². The maximum atomic E-state index is 12.6. The molecule has 3 N–H and O–H groups in total. The third-order valence-corrected chi connectivity index (χ3v) is 5.81. The zero-order chi connectivity index (χ0) is 21.3. The number of carbonyl (C=O) groups excluding carboxylic acids is 1. The van der Waals surface area contributed by atoms with E-state index in [1.807, 2.05) is 18.2 Å². The first-order valence-corrected chi connectivity index (χ1v) is 11.3. The minimum absolute atomic E-state index is 0.0344. The van der Waals surface area contributed by atoms with E-state index in [2.05, 4.69) is 10.2 Å². The second-order valence-corrected chi connectivity index (χ2v) is 8.48. The number of hydrogen-bond acceptors (Lipinski definition) is 6. The summed E-state index contributed by atoms with van der Waals surface area (Å²) in [6.45, 7) is 5.44. The Kier molecular flexibility index (Phi) is 8.78. The Morgan fingerprint density at radius 1 is 1.10 bits per heavy atom. The molecule has 7 heteroatoms. The monoisotopic (exact) mass is 420 g/mol. The number of likely N-dealkylation sites (tertiary alicyclic amines) is 1. The highest BCUT2D eigenvalue weighted by atomic mass is 16.6. The van der Waals surface area contributed by atoms with E-state index in [4.69, 9.17) is 9.47 Å². The van der Waals surface area contributed by atoms with Crippen LogP contribution in [0, 0.1) is 0 Å². The molecule has 0 aromatic heterocycles. The lowest BCUT2D eigenvalue weighted by Gasteiger charge is -2.29. The van der Waals surface area contributed by atoms with Gasteiger partial charge in [0.15, 0.2) is 11.5 Å². The number of nitrogens with zero attached hydrogens (tertiary/aromatic N) is 1. The fourth-order valence-corrected chi connectivity index (χ4v) is 4.13. The summed E-state index contributed by atoms with van der Waals surface area (Å²) < 4.78 is 11.2. The smallest absolute Gasteiger partial charge is 0.220 e. The van der Waals surface area contributed by atoms with Crippen LogP contribution in [0.25, 0.3) is 0 Å². The molecular weight excluding hydrogens is 384 g/mol. The van der Waals surface area contributed by atoms with Gasteiger partial charge in [-0.2, -0.15) is 0 Å². The molecule has 3 rings (SSSR count). The van der Waals surface area contributed by atoms with E-state index in [9.17, 15) is 15.0 Å². The molecule has 0 bridgehead atoms. The molecule has 2 heterocycles. The number of fused-ring (bicyclic) bond motifs is 1. The molecule has 2 aliphatic rings. The predicted octanol–water partition coefficient (Wildman–Crippen LogP) is 2.40. The highest BCUT2D eigenvalue weighted by molar-refractivity contribution is 5.76. The van der Waals surface area contributed by atoms with Gasteiger partial charge in [0.05, 0.1) is 12.1 Å². The summed E-state index contributed by atoms with van der Waals surface area (Å²) in [6, 6.07) is 5.11. The number of aliphatic hydroxyl groups excluding tert-OH is 2. The van der Waals surface area contributed by atoms with E-state index >= 15 is 0 Å². The number of nitrogens with one attached hydrogen (secondary N) is 1. The molecule has 7 nitrogen and oxygen atoms in total. The molecule has 3 atom stereocenters. The molecule has 1 unspecified atom stereocenters. The topological polar surface area (TPSA) is 91.3 Å². The van der Waals surface area contributed by atoms with E-state index in [-0.39, 0.29) is 18.1 Å². The van der Waals surface area contributed by atoms with E-state index in [1.165, 1.54) is 0 Å². The first-order valence-electron chi connectivity index (χ1n) is 11.3. The summed E-state index contributed by atoms with van der Waals surface area (Å²) >= 11 is 0. The number of aliphatic hydroxyl groups is 2. The molecule has 1 aromatic rings. The fourth-order valence-electron chi connectivity index (χ4n) is 4.13. The summed E-state index contributed by atoms with van der Waals surface area (Å²) in [7, 11) is 0. The van der Waals surface area contributed by atoms with Crippen LogP contribution in [0.4, 0.5) is 0 Å². The Balaban J connectivity index is 1.59. The quantitative estimate of drug-likeness (QED) is 0.476. The first kappa shape index (κ1) is 22.8. The minimum atomic E-state index is -0.819. The van der Waals surface area contributed by atoms with Crippen molar-refractivity contribution in [1.82, 2.24) is 10.2 Å². The highest BCUT2D eigenvalue weighted by Gasteiger charge is 2.27. The van der Waals surface area contributed by atoms with Crippen molar-refractivity contribution < 1.29 is 24.5 Å². The molecule has 1 fully saturated rings. The van der Waals surface area contributed by atoms with Gasteiger partial charge in [0, 0.05) is 13.0 Å². The summed E-state index contributed by atoms with van der Waals surface area (Å²) in [5.41, 5.74) is 0.723. The van der Waals surface area contributed by atoms with Crippen molar-refractivity contribution in [2.75, 3.05) is 32.8 Å². The molecule has 168 valence electrons. The second-order valence-electron chi connectivity index (χ2n) is 8.48. The molecule has 0 saturated carbocycles. The molecule has 0 spiro atoms. The summed E-state index contributed by atoms with van der Waals surface area (Å²) in [5, 5.41) is 23.5. The van der Waals surface area contributed by atoms with Crippen molar-refractivity contribution in [3.63, 3.8) is 0 Å². The molecule has 1 saturated heterocycles. The average molecular weight is 421 g/mol. The Morgan fingerprint density at radius 3 is 2.57 bits per heavy atom. The van der Waals surface area contributed by atoms with Crippen molar-refractivity contribution in [2.45, 2.75) is 70.1 Å². The third kappa shape index (κ3) is 6.86. The SMILES string of the molecule is CC(O)CCCCCC(=O)N[C@H](CN1CCCC1)[C@H](O)c1ccc2c(c1)OCCO2. The van der Waals surface area contributed by atoms with Crippen LogP contribution in [0.5, 0.6) is 11.5 Å². The van der Waals surface area contributed by atoms with Gasteiger partial charge in [0.2, 0.25) is 5.91 Å². The van der Waals surface area contributed by atoms with Crippen LogP contribution in [-0.2, 0) is 4.79 Å². The summed E-state index contributed by atoms with van der Waals surface area (Å²) in [5.74, 6) is 1.30. The lowest BCUT2D eigenvalue weighted by atomic mass is 10.0. The largest absolute Gasteiger partial charge is 0.486 e. The predicted molar refractivity (Wildman–Crippen MR) is 115 cm³/mol. The van der Waals surface area contributed by atoms with Gasteiger partial charge in [-0.05, 0) is 63.4 Å². The van der Waals surface area contributed by atoms with Gasteiger partial charge in [-0.1, -0.05) is 18.9 Å². The van der Waals surface area contributed by atoms with Crippen molar-refractivity contribution in [3.05, 3.63) is 23.8 Å². The number of rotatable bonds is 11. The van der Waals surface area contributed by atoms with Crippen LogP contribution in [0.2, 0.25) is 0 Å². The van der Waals surface area contributed by atoms with Gasteiger partial charge in [0.25, 0.3) is 0 Å². The Labute approximate surface area is 179 Å². The summed E-state index contributed by atoms with van der Waals surface area (Å²) in [6.07, 6.45) is 5.03. The van der Waals surface area contributed by atoms with E-state index in [0.717, 1.165) is 57.2 Å². The Morgan fingerprint density at radius 2 is 1.83 bits per heavy atom. The second kappa shape index (κ2) is 11.5. The zero-order valence-corrected chi connectivity index (χ0v) is 18.0. The zero-order valence-electron chi connectivity index (χ0n) is 18.0. The lowest BCUT2D eigenvalue weighted by Crippen LogP contribution is -2.46. The number of benzene rings is 1. The Hall–Kier alpha value is -1.83. The maximum Gasteiger partial charge on any atom is 0.220 e. The number of unbranched alkanes of at least 4 members (excludes halogenated alkanes) is 2. The molecule has 30 heavy (non-hydrogen) atoms. The Bertz CT molecular complexity index is 676. The standard InChI is InChI=1S/C23H36N2O5/c1-17(26)7-3-2-4-8-22(27)24-19(16-25-11-5-6-12-25)23(28)18-9-10-20-21(15-18)30-14-13-29-20/h9-10,15,17,19,23,26,28H,2-8,11-14,16H2,1H3,(H,24,27)/t17?,19-,23-/m1/s1. The van der Waals surface area contributed by atoms with Gasteiger partial charge in [-0.3, -0.25) is 4.79 Å². The number of carbonyl (C=O) groups is 1. The first-order chi connectivity index (χ1) is 14.5.